The first-order chi connectivity index (χ1) is 5.67. The molecule has 1 nitrogen and oxygen atoms in total. The van der Waals surface area contributed by atoms with Crippen molar-refractivity contribution < 1.29 is 0 Å². The van der Waals surface area contributed by atoms with Gasteiger partial charge in [-0.1, -0.05) is 15.9 Å². The SMILES string of the molecule is NC12CC3CC(CC(C3)C1Br)C2. The van der Waals surface area contributed by atoms with E-state index in [1.165, 1.54) is 32.1 Å². The normalized spacial score (nSPS) is 62.5. The van der Waals surface area contributed by atoms with Gasteiger partial charge in [0.25, 0.3) is 0 Å². The van der Waals surface area contributed by atoms with Crippen LogP contribution in [0.3, 0.4) is 0 Å². The van der Waals surface area contributed by atoms with Gasteiger partial charge in [0.15, 0.2) is 0 Å². The lowest BCUT2D eigenvalue weighted by Gasteiger charge is -2.58. The van der Waals surface area contributed by atoms with Crippen LogP contribution in [0.25, 0.3) is 0 Å². The number of hydrogen-bond donors (Lipinski definition) is 1. The van der Waals surface area contributed by atoms with Crippen molar-refractivity contribution in [1.82, 2.24) is 0 Å². The highest BCUT2D eigenvalue weighted by molar-refractivity contribution is 9.09. The number of halogens is 1. The van der Waals surface area contributed by atoms with Gasteiger partial charge in [0.05, 0.1) is 0 Å². The first-order valence-electron chi connectivity index (χ1n) is 5.10. The molecule has 0 aromatic carbocycles. The van der Waals surface area contributed by atoms with Gasteiger partial charge >= 0.3 is 0 Å². The molecule has 0 heterocycles. The third-order valence-corrected chi connectivity index (χ3v) is 5.90. The van der Waals surface area contributed by atoms with Gasteiger partial charge in [-0.3, -0.25) is 0 Å². The Kier molecular flexibility index (Phi) is 1.48. The highest BCUT2D eigenvalue weighted by atomic mass is 79.9. The van der Waals surface area contributed by atoms with E-state index in [2.05, 4.69) is 15.9 Å². The standard InChI is InChI=1S/C10H16BrN/c11-9-8-2-6-1-7(3-8)5-10(9,12)4-6/h6-9H,1-5,12H2. The lowest BCUT2D eigenvalue weighted by atomic mass is 9.53. The van der Waals surface area contributed by atoms with E-state index in [0.717, 1.165) is 17.8 Å². The summed E-state index contributed by atoms with van der Waals surface area (Å²) in [6, 6.07) is 0. The molecule has 0 aromatic rings. The molecule has 3 unspecified atom stereocenters. The smallest absolute Gasteiger partial charge is 0.0354 e. The van der Waals surface area contributed by atoms with Gasteiger partial charge in [-0.25, -0.2) is 0 Å². The summed E-state index contributed by atoms with van der Waals surface area (Å²) in [4.78, 5) is 0.623. The number of hydrogen-bond acceptors (Lipinski definition) is 1. The predicted octanol–water partition coefficient (Wildman–Crippen LogP) is 2.29. The van der Waals surface area contributed by atoms with E-state index < -0.39 is 0 Å². The van der Waals surface area contributed by atoms with Gasteiger partial charge in [0.1, 0.15) is 0 Å². The minimum absolute atomic E-state index is 0.175. The molecule has 12 heavy (non-hydrogen) atoms. The predicted molar refractivity (Wildman–Crippen MR) is 53.2 cm³/mol. The van der Waals surface area contributed by atoms with Gasteiger partial charge in [0, 0.05) is 10.4 Å². The molecule has 4 bridgehead atoms. The molecule has 0 amide bonds. The first kappa shape index (κ1) is 7.81. The molecule has 4 saturated carbocycles. The molecule has 3 atom stereocenters. The van der Waals surface area contributed by atoms with Gasteiger partial charge < -0.3 is 5.73 Å². The van der Waals surface area contributed by atoms with Crippen LogP contribution in [0, 0.1) is 17.8 Å². The molecule has 0 radical (unpaired) electrons. The van der Waals surface area contributed by atoms with Crippen molar-refractivity contribution >= 4 is 15.9 Å². The van der Waals surface area contributed by atoms with Crippen LogP contribution in [0.15, 0.2) is 0 Å². The van der Waals surface area contributed by atoms with Crippen molar-refractivity contribution in [1.29, 1.82) is 0 Å². The van der Waals surface area contributed by atoms with Crippen LogP contribution in [0.2, 0.25) is 0 Å². The van der Waals surface area contributed by atoms with Gasteiger partial charge in [0.2, 0.25) is 0 Å². The lowest BCUT2D eigenvalue weighted by molar-refractivity contribution is 0.00948. The van der Waals surface area contributed by atoms with Gasteiger partial charge in [-0.05, 0) is 49.9 Å². The minimum Gasteiger partial charge on any atom is -0.324 e. The lowest BCUT2D eigenvalue weighted by Crippen LogP contribution is -2.63. The van der Waals surface area contributed by atoms with E-state index in [0.29, 0.717) is 4.83 Å². The molecule has 4 aliphatic rings. The fourth-order valence-electron chi connectivity index (χ4n) is 4.04. The summed E-state index contributed by atoms with van der Waals surface area (Å²) < 4.78 is 0. The summed E-state index contributed by atoms with van der Waals surface area (Å²) in [5.74, 6) is 2.85. The summed E-state index contributed by atoms with van der Waals surface area (Å²) in [7, 11) is 0. The van der Waals surface area contributed by atoms with E-state index in [1.54, 1.807) is 0 Å². The number of nitrogens with two attached hydrogens (primary N) is 1. The average molecular weight is 230 g/mol. The Labute approximate surface area is 82.2 Å². The van der Waals surface area contributed by atoms with Crippen LogP contribution >= 0.6 is 15.9 Å². The Morgan fingerprint density at radius 2 is 1.67 bits per heavy atom. The molecule has 4 rings (SSSR count). The van der Waals surface area contributed by atoms with Crippen LogP contribution < -0.4 is 5.73 Å². The quantitative estimate of drug-likeness (QED) is 0.635. The molecule has 0 aliphatic heterocycles. The van der Waals surface area contributed by atoms with Crippen molar-refractivity contribution in [3.8, 4) is 0 Å². The molecular formula is C10H16BrN. The molecule has 0 spiro atoms. The van der Waals surface area contributed by atoms with Gasteiger partial charge in [-0.2, -0.15) is 0 Å². The average Bonchev–Trinajstić information content (AvgIpc) is 1.98. The van der Waals surface area contributed by atoms with Gasteiger partial charge in [-0.15, -0.1) is 0 Å². The fourth-order valence-corrected chi connectivity index (χ4v) is 4.85. The summed E-state index contributed by atoms with van der Waals surface area (Å²) in [6.07, 6.45) is 6.96. The summed E-state index contributed by atoms with van der Waals surface area (Å²) in [5, 5.41) is 0. The van der Waals surface area contributed by atoms with Crippen LogP contribution in [0.4, 0.5) is 0 Å². The molecule has 2 N–H and O–H groups in total. The fraction of sp³-hybridized carbons (Fsp3) is 1.00. The van der Waals surface area contributed by atoms with E-state index >= 15 is 0 Å². The molecule has 4 aliphatic carbocycles. The maximum atomic E-state index is 6.42. The molecule has 2 heteroatoms. The Hall–Kier alpha value is 0.440. The van der Waals surface area contributed by atoms with E-state index in [-0.39, 0.29) is 5.54 Å². The third-order valence-electron chi connectivity index (χ3n) is 4.24. The highest BCUT2D eigenvalue weighted by Gasteiger charge is 2.54. The Morgan fingerprint density at radius 3 is 2.17 bits per heavy atom. The number of rotatable bonds is 0. The molecule has 0 saturated heterocycles. The minimum atomic E-state index is 0.175. The second kappa shape index (κ2) is 2.27. The molecule has 68 valence electrons. The molecule has 4 fully saturated rings. The monoisotopic (exact) mass is 229 g/mol. The topological polar surface area (TPSA) is 26.0 Å². The zero-order valence-corrected chi connectivity index (χ0v) is 8.89. The Morgan fingerprint density at radius 1 is 1.08 bits per heavy atom. The van der Waals surface area contributed by atoms with Crippen molar-refractivity contribution in [3.05, 3.63) is 0 Å². The third kappa shape index (κ3) is 0.884. The zero-order valence-electron chi connectivity index (χ0n) is 7.30. The first-order valence-corrected chi connectivity index (χ1v) is 6.02. The van der Waals surface area contributed by atoms with Crippen LogP contribution in [-0.2, 0) is 0 Å². The Balaban J connectivity index is 1.97. The largest absolute Gasteiger partial charge is 0.324 e. The van der Waals surface area contributed by atoms with Crippen LogP contribution in [-0.4, -0.2) is 10.4 Å². The van der Waals surface area contributed by atoms with E-state index in [9.17, 15) is 0 Å². The van der Waals surface area contributed by atoms with Crippen molar-refractivity contribution in [3.63, 3.8) is 0 Å². The summed E-state index contributed by atoms with van der Waals surface area (Å²) in [6.45, 7) is 0. The van der Waals surface area contributed by atoms with Crippen LogP contribution in [0.1, 0.15) is 32.1 Å². The maximum Gasteiger partial charge on any atom is 0.0354 e. The van der Waals surface area contributed by atoms with Crippen molar-refractivity contribution in [2.75, 3.05) is 0 Å². The molecular weight excluding hydrogens is 214 g/mol. The summed E-state index contributed by atoms with van der Waals surface area (Å²) >= 11 is 3.81. The van der Waals surface area contributed by atoms with E-state index in [1.807, 2.05) is 0 Å². The maximum absolute atomic E-state index is 6.42. The van der Waals surface area contributed by atoms with Crippen molar-refractivity contribution in [2.45, 2.75) is 42.5 Å². The zero-order chi connectivity index (χ0) is 8.34. The van der Waals surface area contributed by atoms with E-state index in [4.69, 9.17) is 5.73 Å². The Bertz CT molecular complexity index is 202. The number of alkyl halides is 1. The second-order valence-electron chi connectivity index (χ2n) is 5.24. The molecule has 0 aromatic heterocycles. The highest BCUT2D eigenvalue weighted by Crippen LogP contribution is 2.56. The summed E-state index contributed by atoms with van der Waals surface area (Å²) in [5.41, 5.74) is 6.59. The van der Waals surface area contributed by atoms with Crippen molar-refractivity contribution in [2.24, 2.45) is 23.5 Å². The second-order valence-corrected chi connectivity index (χ2v) is 6.23. The van der Waals surface area contributed by atoms with Crippen LogP contribution in [0.5, 0.6) is 0 Å².